The number of imidazole rings is 1. The maximum atomic E-state index is 11.7. The fourth-order valence-corrected chi connectivity index (χ4v) is 4.25. The van der Waals surface area contributed by atoms with Crippen LogP contribution in [0.1, 0.15) is 0 Å². The standard InChI is InChI=1S/C17H12N2O6S2/c20-26(21,22)11-8-14-16(15(9-11)27(23,24)25)19-17(18-14)13-7-3-5-10-4-1-2-6-12(10)13/h1-9H,(H,18,19)(H,20,21,22)(H,23,24,25). The van der Waals surface area contributed by atoms with Gasteiger partial charge in [0.1, 0.15) is 16.2 Å². The zero-order chi connectivity index (χ0) is 19.4. The first-order valence-electron chi connectivity index (χ1n) is 7.61. The molecule has 10 heteroatoms. The molecule has 3 N–H and O–H groups in total. The lowest BCUT2D eigenvalue weighted by atomic mass is 10.0. The Bertz CT molecular complexity index is 1420. The number of nitrogens with one attached hydrogen (secondary N) is 1. The quantitative estimate of drug-likeness (QED) is 0.446. The highest BCUT2D eigenvalue weighted by Gasteiger charge is 2.23. The summed E-state index contributed by atoms with van der Waals surface area (Å²) in [6.07, 6.45) is 0. The first-order valence-corrected chi connectivity index (χ1v) is 10.5. The molecule has 0 bridgehead atoms. The zero-order valence-electron chi connectivity index (χ0n) is 13.5. The molecule has 0 saturated carbocycles. The van der Waals surface area contributed by atoms with E-state index in [0.717, 1.165) is 16.8 Å². The van der Waals surface area contributed by atoms with Gasteiger partial charge in [-0.05, 0) is 22.9 Å². The van der Waals surface area contributed by atoms with Gasteiger partial charge in [-0.3, -0.25) is 9.11 Å². The van der Waals surface area contributed by atoms with Crippen molar-refractivity contribution < 1.29 is 25.9 Å². The molecule has 1 heterocycles. The monoisotopic (exact) mass is 404 g/mol. The molecule has 0 aliphatic heterocycles. The Balaban J connectivity index is 2.08. The molecule has 4 aromatic rings. The summed E-state index contributed by atoms with van der Waals surface area (Å²) < 4.78 is 65.1. The van der Waals surface area contributed by atoms with E-state index < -0.39 is 30.0 Å². The van der Waals surface area contributed by atoms with Gasteiger partial charge in [-0.25, -0.2) is 4.98 Å². The van der Waals surface area contributed by atoms with Gasteiger partial charge in [-0.15, -0.1) is 0 Å². The first kappa shape index (κ1) is 17.6. The van der Waals surface area contributed by atoms with Crippen molar-refractivity contribution in [2.24, 2.45) is 0 Å². The number of aromatic nitrogens is 2. The second-order valence-corrected chi connectivity index (χ2v) is 8.69. The molecule has 0 aliphatic carbocycles. The third-order valence-corrected chi connectivity index (χ3v) is 5.84. The van der Waals surface area contributed by atoms with E-state index in [1.54, 1.807) is 12.1 Å². The Kier molecular flexibility index (Phi) is 3.82. The Labute approximate surface area is 154 Å². The lowest BCUT2D eigenvalue weighted by Gasteiger charge is -2.03. The van der Waals surface area contributed by atoms with E-state index in [2.05, 4.69) is 9.97 Å². The molecule has 0 radical (unpaired) electrons. The van der Waals surface area contributed by atoms with Crippen LogP contribution in [0.2, 0.25) is 0 Å². The number of fused-ring (bicyclic) bond motifs is 2. The zero-order valence-corrected chi connectivity index (χ0v) is 15.1. The molecule has 0 aliphatic rings. The first-order chi connectivity index (χ1) is 12.6. The molecule has 0 unspecified atom stereocenters. The molecule has 0 amide bonds. The van der Waals surface area contributed by atoms with E-state index in [4.69, 9.17) is 0 Å². The van der Waals surface area contributed by atoms with Crippen LogP contribution in [0.4, 0.5) is 0 Å². The van der Waals surface area contributed by atoms with Crippen molar-refractivity contribution in [3.8, 4) is 11.4 Å². The number of hydrogen-bond acceptors (Lipinski definition) is 5. The van der Waals surface area contributed by atoms with E-state index in [1.807, 2.05) is 30.3 Å². The van der Waals surface area contributed by atoms with E-state index >= 15 is 0 Å². The lowest BCUT2D eigenvalue weighted by Crippen LogP contribution is -2.04. The number of aromatic amines is 1. The lowest BCUT2D eigenvalue weighted by molar-refractivity contribution is 0.482. The van der Waals surface area contributed by atoms with Crippen molar-refractivity contribution in [2.45, 2.75) is 9.79 Å². The van der Waals surface area contributed by atoms with Gasteiger partial charge in [0.25, 0.3) is 20.2 Å². The van der Waals surface area contributed by atoms with Gasteiger partial charge >= 0.3 is 0 Å². The molecule has 0 fully saturated rings. The van der Waals surface area contributed by atoms with Gasteiger partial charge in [-0.2, -0.15) is 16.8 Å². The van der Waals surface area contributed by atoms with E-state index in [-0.39, 0.29) is 11.0 Å². The second kappa shape index (κ2) is 5.86. The van der Waals surface area contributed by atoms with Crippen LogP contribution in [0, 0.1) is 0 Å². The minimum atomic E-state index is -4.78. The highest BCUT2D eigenvalue weighted by Crippen LogP contribution is 2.31. The molecule has 1 aromatic heterocycles. The van der Waals surface area contributed by atoms with Crippen LogP contribution < -0.4 is 0 Å². The second-order valence-electron chi connectivity index (χ2n) is 5.88. The van der Waals surface area contributed by atoms with Crippen LogP contribution in [-0.4, -0.2) is 35.9 Å². The summed E-state index contributed by atoms with van der Waals surface area (Å²) in [5.41, 5.74) is 0.576. The SMILES string of the molecule is O=S(=O)(O)c1cc(S(=O)(=O)O)c2nc(-c3cccc4ccccc34)[nH]c2c1. The van der Waals surface area contributed by atoms with Gasteiger partial charge in [-0.1, -0.05) is 42.5 Å². The van der Waals surface area contributed by atoms with Crippen molar-refractivity contribution in [3.63, 3.8) is 0 Å². The summed E-state index contributed by atoms with van der Waals surface area (Å²) in [6.45, 7) is 0. The van der Waals surface area contributed by atoms with Crippen molar-refractivity contribution in [3.05, 3.63) is 54.6 Å². The predicted molar refractivity (Wildman–Crippen MR) is 98.7 cm³/mol. The van der Waals surface area contributed by atoms with Gasteiger partial charge < -0.3 is 4.98 Å². The summed E-state index contributed by atoms with van der Waals surface area (Å²) in [4.78, 5) is 5.74. The molecule has 8 nitrogen and oxygen atoms in total. The molecule has 0 atom stereocenters. The maximum Gasteiger partial charge on any atom is 0.296 e. The van der Waals surface area contributed by atoms with Gasteiger partial charge in [0.2, 0.25) is 0 Å². The third kappa shape index (κ3) is 3.08. The molecule has 0 spiro atoms. The molecule has 138 valence electrons. The Morgan fingerprint density at radius 1 is 0.852 bits per heavy atom. The molecule has 3 aromatic carbocycles. The van der Waals surface area contributed by atoms with E-state index in [9.17, 15) is 25.9 Å². The fourth-order valence-electron chi connectivity index (χ4n) is 2.97. The van der Waals surface area contributed by atoms with Crippen LogP contribution in [0.3, 0.4) is 0 Å². The summed E-state index contributed by atoms with van der Waals surface area (Å²) >= 11 is 0. The fraction of sp³-hybridized carbons (Fsp3) is 0. The summed E-state index contributed by atoms with van der Waals surface area (Å²) in [7, 11) is -9.47. The average molecular weight is 404 g/mol. The topological polar surface area (TPSA) is 137 Å². The number of rotatable bonds is 3. The van der Waals surface area contributed by atoms with E-state index in [1.165, 1.54) is 0 Å². The van der Waals surface area contributed by atoms with Crippen LogP contribution in [-0.2, 0) is 20.2 Å². The smallest absolute Gasteiger partial charge is 0.296 e. The number of benzene rings is 3. The summed E-state index contributed by atoms with van der Waals surface area (Å²) in [5.74, 6) is 0.291. The number of H-pyrrole nitrogens is 1. The largest absolute Gasteiger partial charge is 0.338 e. The van der Waals surface area contributed by atoms with Crippen LogP contribution in [0.5, 0.6) is 0 Å². The Morgan fingerprint density at radius 2 is 1.56 bits per heavy atom. The molecular formula is C17H12N2O6S2. The van der Waals surface area contributed by atoms with Crippen LogP contribution in [0.15, 0.2) is 64.4 Å². The molecule has 4 rings (SSSR count). The molecule has 27 heavy (non-hydrogen) atoms. The highest BCUT2D eigenvalue weighted by atomic mass is 32.2. The number of nitrogens with zero attached hydrogens (tertiary/aromatic N) is 1. The minimum Gasteiger partial charge on any atom is -0.338 e. The van der Waals surface area contributed by atoms with Gasteiger partial charge in [0.15, 0.2) is 0 Å². The minimum absolute atomic E-state index is 0.0423. The number of hydrogen-bond donors (Lipinski definition) is 3. The van der Waals surface area contributed by atoms with Gasteiger partial charge in [0.05, 0.1) is 10.4 Å². The van der Waals surface area contributed by atoms with Crippen molar-refractivity contribution in [1.29, 1.82) is 0 Å². The van der Waals surface area contributed by atoms with Crippen molar-refractivity contribution in [1.82, 2.24) is 9.97 Å². The maximum absolute atomic E-state index is 11.7. The predicted octanol–water partition coefficient (Wildman–Crippen LogP) is 2.88. The Hall–Kier alpha value is -2.79. The Morgan fingerprint density at radius 3 is 2.26 bits per heavy atom. The normalized spacial score (nSPS) is 12.7. The highest BCUT2D eigenvalue weighted by molar-refractivity contribution is 7.86. The van der Waals surface area contributed by atoms with Crippen LogP contribution >= 0.6 is 0 Å². The molecular weight excluding hydrogens is 392 g/mol. The summed E-state index contributed by atoms with van der Waals surface area (Å²) in [5, 5.41) is 1.78. The van der Waals surface area contributed by atoms with Crippen molar-refractivity contribution in [2.75, 3.05) is 0 Å². The van der Waals surface area contributed by atoms with Crippen molar-refractivity contribution >= 4 is 42.0 Å². The third-order valence-electron chi connectivity index (χ3n) is 4.15. The average Bonchev–Trinajstić information content (AvgIpc) is 3.02. The molecule has 0 saturated heterocycles. The van der Waals surface area contributed by atoms with Crippen LogP contribution in [0.25, 0.3) is 33.2 Å². The van der Waals surface area contributed by atoms with Gasteiger partial charge in [0, 0.05) is 5.56 Å². The van der Waals surface area contributed by atoms with E-state index in [0.29, 0.717) is 17.5 Å². The summed E-state index contributed by atoms with van der Waals surface area (Å²) in [6, 6.07) is 14.7.